The lowest BCUT2D eigenvalue weighted by Gasteiger charge is -2.54. The molecular weight excluding hydrogens is 474 g/mol. The monoisotopic (exact) mass is 475 g/mol. The van der Waals surface area contributed by atoms with E-state index in [-0.39, 0.29) is 0 Å². The van der Waals surface area contributed by atoms with Crippen molar-refractivity contribution in [1.82, 2.24) is 4.90 Å². The minimum Gasteiger partial charge on any atom is -0.477 e. The summed E-state index contributed by atoms with van der Waals surface area (Å²) in [6, 6.07) is -23.9. The zero-order valence-corrected chi connectivity index (χ0v) is 12.3. The molecule has 2 unspecified atom stereocenters. The predicted octanol–water partition coefficient (Wildman–Crippen LogP) is 4.27. The molecule has 172 valence electrons. The molecule has 0 spiro atoms. The van der Waals surface area contributed by atoms with Crippen molar-refractivity contribution in [2.75, 3.05) is 0 Å². The fourth-order valence-corrected chi connectivity index (χ4v) is 1.86. The third kappa shape index (κ3) is 2.88. The maximum absolute atomic E-state index is 13.7. The summed E-state index contributed by atoms with van der Waals surface area (Å²) in [5, 5.41) is 7.82. The largest absolute Gasteiger partial charge is 0.477 e. The smallest absolute Gasteiger partial charge is 0.456 e. The Kier molecular flexibility index (Phi) is 5.16. The minimum atomic E-state index is -7.96. The van der Waals surface area contributed by atoms with Crippen molar-refractivity contribution in [3.05, 3.63) is 0 Å². The number of nitrogens with zero attached hydrogens (tertiary/aromatic N) is 1. The molecule has 0 aromatic carbocycles. The summed E-state index contributed by atoms with van der Waals surface area (Å²) >= 11 is 0. The second-order valence-corrected chi connectivity index (χ2v) is 5.13. The normalized spacial score (nSPS) is 31.6. The molecule has 4 nitrogen and oxygen atoms in total. The van der Waals surface area contributed by atoms with Gasteiger partial charge in [-0.15, -0.1) is 4.90 Å². The van der Waals surface area contributed by atoms with E-state index in [9.17, 15) is 75.0 Å². The van der Waals surface area contributed by atoms with Crippen LogP contribution in [0.25, 0.3) is 0 Å². The third-order valence-corrected chi connectivity index (χ3v) is 3.27. The summed E-state index contributed by atoms with van der Waals surface area (Å²) in [7, 11) is 0. The van der Waals surface area contributed by atoms with Gasteiger partial charge in [-0.05, 0) is 0 Å². The van der Waals surface area contributed by atoms with Gasteiger partial charge in [-0.3, -0.25) is 4.74 Å². The summed E-state index contributed by atoms with van der Waals surface area (Å²) in [6.07, 6.45) is -15.5. The van der Waals surface area contributed by atoms with Gasteiger partial charge >= 0.3 is 54.1 Å². The molecule has 2 atom stereocenters. The number of alkyl halides is 16. The van der Waals surface area contributed by atoms with Gasteiger partial charge in [0.25, 0.3) is 0 Å². The van der Waals surface area contributed by atoms with Gasteiger partial charge in [0.15, 0.2) is 0 Å². The van der Waals surface area contributed by atoms with E-state index in [0.717, 1.165) is 0 Å². The van der Waals surface area contributed by atoms with Crippen LogP contribution in [0.2, 0.25) is 0 Å². The van der Waals surface area contributed by atoms with Gasteiger partial charge in [0.05, 0.1) is 0 Å². The highest BCUT2D eigenvalue weighted by Crippen LogP contribution is 2.66. The van der Waals surface area contributed by atoms with Gasteiger partial charge in [-0.2, -0.15) is 70.2 Å². The first-order valence-electron chi connectivity index (χ1n) is 6.03. The van der Waals surface area contributed by atoms with Crippen molar-refractivity contribution in [3.8, 4) is 0 Å². The zero-order valence-electron chi connectivity index (χ0n) is 12.3. The SMILES string of the molecule is O=C(O)C(F)(F)C(F)(F)N1C(F)(F)C(F)(C(F)(F)F)OC(F)(C(F)(F)F)C1(F)F. The lowest BCUT2D eigenvalue weighted by Crippen LogP contribution is -2.86. The zero-order chi connectivity index (χ0) is 23.9. The summed E-state index contributed by atoms with van der Waals surface area (Å²) in [5.74, 6) is -27.2. The van der Waals surface area contributed by atoms with Gasteiger partial charge in [-0.1, -0.05) is 0 Å². The van der Waals surface area contributed by atoms with E-state index in [4.69, 9.17) is 5.11 Å². The number of aliphatic carboxylic acids is 1. The Labute approximate surface area is 145 Å². The summed E-state index contributed by atoms with van der Waals surface area (Å²) in [6.45, 7) is 0. The van der Waals surface area contributed by atoms with Crippen molar-refractivity contribution in [2.24, 2.45) is 0 Å². The number of halogens is 16. The molecule has 0 aliphatic carbocycles. The van der Waals surface area contributed by atoms with Crippen molar-refractivity contribution in [1.29, 1.82) is 0 Å². The van der Waals surface area contributed by atoms with E-state index >= 15 is 0 Å². The molecule has 0 amide bonds. The van der Waals surface area contributed by atoms with E-state index in [0.29, 0.717) is 0 Å². The minimum absolute atomic E-state index is 1.57. The van der Waals surface area contributed by atoms with Gasteiger partial charge in [0.2, 0.25) is 0 Å². The summed E-state index contributed by atoms with van der Waals surface area (Å²) < 4.78 is 211. The molecule has 1 rings (SSSR count). The molecule has 0 radical (unpaired) electrons. The van der Waals surface area contributed by atoms with E-state index in [1.165, 1.54) is 0 Å². The van der Waals surface area contributed by atoms with Crippen LogP contribution in [-0.2, 0) is 9.53 Å². The van der Waals surface area contributed by atoms with Crippen molar-refractivity contribution < 1.29 is 84.9 Å². The number of rotatable bonds is 3. The Hall–Kier alpha value is -1.73. The maximum Gasteiger partial charge on any atom is 0.456 e. The van der Waals surface area contributed by atoms with Gasteiger partial charge in [0, 0.05) is 0 Å². The van der Waals surface area contributed by atoms with Crippen LogP contribution in [0.5, 0.6) is 0 Å². The molecule has 1 heterocycles. The van der Waals surface area contributed by atoms with E-state index < -0.39 is 59.0 Å². The fraction of sp³-hybridized carbons (Fsp3) is 0.889. The van der Waals surface area contributed by atoms with Crippen LogP contribution >= 0.6 is 0 Å². The van der Waals surface area contributed by atoms with Crippen LogP contribution in [-0.4, -0.2) is 64.1 Å². The second kappa shape index (κ2) is 5.91. The Balaban J connectivity index is 4.09. The Bertz CT molecular complexity index is 646. The first-order chi connectivity index (χ1) is 12.3. The lowest BCUT2D eigenvalue weighted by atomic mass is 10.0. The molecule has 29 heavy (non-hydrogen) atoms. The maximum atomic E-state index is 13.7. The highest BCUT2D eigenvalue weighted by atomic mass is 19.4. The number of hydrogen-bond acceptors (Lipinski definition) is 3. The van der Waals surface area contributed by atoms with Gasteiger partial charge in [0.1, 0.15) is 0 Å². The van der Waals surface area contributed by atoms with Crippen LogP contribution in [0.4, 0.5) is 70.2 Å². The van der Waals surface area contributed by atoms with Gasteiger partial charge < -0.3 is 5.11 Å². The van der Waals surface area contributed by atoms with Crippen LogP contribution in [0.3, 0.4) is 0 Å². The van der Waals surface area contributed by atoms with Crippen molar-refractivity contribution >= 4 is 5.97 Å². The molecule has 20 heteroatoms. The van der Waals surface area contributed by atoms with Crippen molar-refractivity contribution in [2.45, 2.75) is 48.1 Å². The van der Waals surface area contributed by atoms with E-state index in [1.807, 2.05) is 0 Å². The molecule has 0 aromatic rings. The average molecular weight is 475 g/mol. The summed E-state index contributed by atoms with van der Waals surface area (Å²) in [4.78, 5) is 5.57. The fourth-order valence-electron chi connectivity index (χ4n) is 1.86. The highest BCUT2D eigenvalue weighted by Gasteiger charge is 2.96. The standard InChI is InChI=1S/C9HF16NO3/c10-2(11,1(27)28)7(20,21)26-8(22,23)3(12,5(14,15)16)29-4(13,6(17,18)19)9(26,24)25/h(H,27,28). The lowest BCUT2D eigenvalue weighted by molar-refractivity contribution is -0.601. The number of carboxylic acid groups (broad SMARTS) is 1. The molecule has 1 fully saturated rings. The molecule has 1 aliphatic rings. The molecule has 1 N–H and O–H groups in total. The Morgan fingerprint density at radius 1 is 0.690 bits per heavy atom. The van der Waals surface area contributed by atoms with Crippen LogP contribution < -0.4 is 0 Å². The van der Waals surface area contributed by atoms with Crippen LogP contribution in [0.15, 0.2) is 0 Å². The molecule has 0 aromatic heterocycles. The number of ether oxygens (including phenoxy) is 1. The second-order valence-electron chi connectivity index (χ2n) is 5.13. The molecule has 1 saturated heterocycles. The molecule has 0 bridgehead atoms. The third-order valence-electron chi connectivity index (χ3n) is 3.27. The first kappa shape index (κ1) is 25.3. The van der Waals surface area contributed by atoms with Crippen LogP contribution in [0.1, 0.15) is 0 Å². The quantitative estimate of drug-likeness (QED) is 0.490. The molecule has 0 saturated carbocycles. The van der Waals surface area contributed by atoms with Crippen LogP contribution in [0, 0.1) is 0 Å². The number of carbonyl (C=O) groups is 1. The molecular formula is C9HF16NO3. The van der Waals surface area contributed by atoms with Gasteiger partial charge in [-0.25, -0.2) is 4.79 Å². The number of hydrogen-bond donors (Lipinski definition) is 1. The summed E-state index contributed by atoms with van der Waals surface area (Å²) in [5.41, 5.74) is 0. The van der Waals surface area contributed by atoms with E-state index in [2.05, 4.69) is 0 Å². The predicted molar refractivity (Wildman–Crippen MR) is 50.1 cm³/mol. The van der Waals surface area contributed by atoms with Crippen molar-refractivity contribution in [3.63, 3.8) is 0 Å². The Morgan fingerprint density at radius 2 is 0.966 bits per heavy atom. The van der Waals surface area contributed by atoms with E-state index in [1.54, 1.807) is 4.74 Å². The average Bonchev–Trinajstić information content (AvgIpc) is 2.41. The highest BCUT2D eigenvalue weighted by molar-refractivity contribution is 5.76. The number of morpholine rings is 1. The topological polar surface area (TPSA) is 49.8 Å². The first-order valence-corrected chi connectivity index (χ1v) is 6.03. The molecule has 1 aliphatic heterocycles. The Morgan fingerprint density at radius 3 is 1.17 bits per heavy atom. The number of carboxylic acids is 1.